The molecule has 0 spiro atoms. The molecule has 0 N–H and O–H groups in total. The predicted molar refractivity (Wildman–Crippen MR) is 38.8 cm³/mol. The summed E-state index contributed by atoms with van der Waals surface area (Å²) in [5.41, 5.74) is 0. The van der Waals surface area contributed by atoms with Gasteiger partial charge in [0, 0.05) is 6.20 Å². The zero-order valence-electron chi connectivity index (χ0n) is 5.58. The van der Waals surface area contributed by atoms with E-state index in [1.54, 1.807) is 12.1 Å². The maximum absolute atomic E-state index is 11.7. The van der Waals surface area contributed by atoms with E-state index in [1.165, 1.54) is 6.20 Å². The van der Waals surface area contributed by atoms with Gasteiger partial charge in [-0.05, 0) is 12.1 Å². The molecule has 0 unspecified atom stereocenters. The summed E-state index contributed by atoms with van der Waals surface area (Å²) >= 11 is 1.00. The summed E-state index contributed by atoms with van der Waals surface area (Å²) in [6, 6.07) is 3.32. The molecule has 0 aromatic carbocycles. The van der Waals surface area contributed by atoms with Crippen molar-refractivity contribution in [2.24, 2.45) is 0 Å². The molecule has 60 valence electrons. The van der Waals surface area contributed by atoms with Crippen molar-refractivity contribution in [1.29, 1.82) is 0 Å². The van der Waals surface area contributed by atoms with E-state index in [2.05, 4.69) is 10.2 Å². The number of halogens is 2. The van der Waals surface area contributed by atoms with Crippen LogP contribution < -0.4 is 0 Å². The van der Waals surface area contributed by atoms with Crippen LogP contribution in [0.15, 0.2) is 23.4 Å². The fraction of sp³-hybridized carbons (Fsp3) is 0.333. The molecule has 0 amide bonds. The second-order valence-electron chi connectivity index (χ2n) is 1.76. The second-order valence-corrected chi connectivity index (χ2v) is 2.80. The van der Waals surface area contributed by atoms with Crippen LogP contribution in [0, 0.1) is 0 Å². The first-order valence-electron chi connectivity index (χ1n) is 2.97. The lowest BCUT2D eigenvalue weighted by molar-refractivity contribution is 0.177. The summed E-state index contributed by atoms with van der Waals surface area (Å²) in [5, 5.41) is 7.71. The number of alkyl halides is 2. The Morgan fingerprint density at radius 3 is 2.91 bits per heavy atom. The Morgan fingerprint density at radius 2 is 2.36 bits per heavy atom. The van der Waals surface area contributed by atoms with Gasteiger partial charge < -0.3 is 0 Å². The van der Waals surface area contributed by atoms with Crippen molar-refractivity contribution in [3.8, 4) is 0 Å². The molecule has 0 saturated heterocycles. The van der Waals surface area contributed by atoms with Crippen molar-refractivity contribution in [3.05, 3.63) is 18.3 Å². The molecule has 1 rings (SSSR count). The Bertz CT molecular complexity index is 205. The summed E-state index contributed by atoms with van der Waals surface area (Å²) in [7, 11) is 0. The number of hydrogen-bond acceptors (Lipinski definition) is 3. The highest BCUT2D eigenvalue weighted by molar-refractivity contribution is 7.99. The van der Waals surface area contributed by atoms with Gasteiger partial charge in [0.25, 0.3) is 0 Å². The smallest absolute Gasteiger partial charge is 0.210 e. The standard InChI is InChI=1S/C6H6F2N2S/c7-5(8)4-11-6-2-1-3-9-10-6/h1-3,5H,4H2. The summed E-state index contributed by atoms with van der Waals surface area (Å²) in [6.07, 6.45) is -0.783. The highest BCUT2D eigenvalue weighted by atomic mass is 32.2. The molecule has 0 saturated carbocycles. The zero-order chi connectivity index (χ0) is 8.10. The number of aromatic nitrogens is 2. The summed E-state index contributed by atoms with van der Waals surface area (Å²) in [4.78, 5) is 0. The van der Waals surface area contributed by atoms with E-state index < -0.39 is 6.43 Å². The molecule has 1 heterocycles. The molecule has 5 heteroatoms. The third-order valence-electron chi connectivity index (χ3n) is 0.905. The monoisotopic (exact) mass is 176 g/mol. The first kappa shape index (κ1) is 8.39. The summed E-state index contributed by atoms with van der Waals surface area (Å²) in [5.74, 6) is -0.224. The Hall–Kier alpha value is -0.710. The van der Waals surface area contributed by atoms with Crippen LogP contribution in [0.1, 0.15) is 0 Å². The molecule has 0 bridgehead atoms. The van der Waals surface area contributed by atoms with Gasteiger partial charge in [-0.2, -0.15) is 5.10 Å². The van der Waals surface area contributed by atoms with E-state index in [4.69, 9.17) is 0 Å². The largest absolute Gasteiger partial charge is 0.247 e. The molecule has 0 fully saturated rings. The maximum atomic E-state index is 11.7. The molecule has 0 aliphatic heterocycles. The van der Waals surface area contributed by atoms with E-state index in [9.17, 15) is 8.78 Å². The van der Waals surface area contributed by atoms with Gasteiger partial charge >= 0.3 is 0 Å². The van der Waals surface area contributed by atoms with E-state index in [0.29, 0.717) is 5.03 Å². The van der Waals surface area contributed by atoms with Crippen molar-refractivity contribution in [1.82, 2.24) is 10.2 Å². The normalized spacial score (nSPS) is 10.5. The van der Waals surface area contributed by atoms with Gasteiger partial charge in [-0.25, -0.2) is 8.78 Å². The van der Waals surface area contributed by atoms with Crippen molar-refractivity contribution in [2.45, 2.75) is 11.5 Å². The van der Waals surface area contributed by atoms with Crippen LogP contribution in [0.2, 0.25) is 0 Å². The molecular weight excluding hydrogens is 170 g/mol. The average Bonchev–Trinajstić information content (AvgIpc) is 2.03. The lowest BCUT2D eigenvalue weighted by Crippen LogP contribution is -1.94. The minimum atomic E-state index is -2.29. The van der Waals surface area contributed by atoms with E-state index in [1.807, 2.05) is 0 Å². The summed E-state index contributed by atoms with van der Waals surface area (Å²) in [6.45, 7) is 0. The van der Waals surface area contributed by atoms with Gasteiger partial charge in [-0.15, -0.1) is 5.10 Å². The molecule has 0 atom stereocenters. The molecule has 1 aromatic heterocycles. The minimum absolute atomic E-state index is 0.224. The van der Waals surface area contributed by atoms with Crippen LogP contribution in [0.5, 0.6) is 0 Å². The quantitative estimate of drug-likeness (QED) is 0.657. The lowest BCUT2D eigenvalue weighted by Gasteiger charge is -1.96. The molecular formula is C6H6F2N2S. The van der Waals surface area contributed by atoms with E-state index in [0.717, 1.165) is 11.8 Å². The minimum Gasteiger partial charge on any atom is -0.210 e. The Kier molecular flexibility index (Phi) is 3.22. The number of hydrogen-bond donors (Lipinski definition) is 0. The maximum Gasteiger partial charge on any atom is 0.247 e. The van der Waals surface area contributed by atoms with Crippen LogP contribution in [-0.4, -0.2) is 22.4 Å². The lowest BCUT2D eigenvalue weighted by atomic mass is 10.6. The first-order chi connectivity index (χ1) is 5.29. The number of thioether (sulfide) groups is 1. The van der Waals surface area contributed by atoms with E-state index in [-0.39, 0.29) is 5.75 Å². The third-order valence-corrected chi connectivity index (χ3v) is 1.84. The SMILES string of the molecule is FC(F)CSc1cccnn1. The van der Waals surface area contributed by atoms with Crippen molar-refractivity contribution < 1.29 is 8.78 Å². The van der Waals surface area contributed by atoms with Crippen molar-refractivity contribution in [2.75, 3.05) is 5.75 Å². The topological polar surface area (TPSA) is 25.8 Å². The average molecular weight is 176 g/mol. The molecule has 11 heavy (non-hydrogen) atoms. The second kappa shape index (κ2) is 4.23. The Labute approximate surface area is 67.0 Å². The van der Waals surface area contributed by atoms with Crippen LogP contribution in [0.4, 0.5) is 8.78 Å². The van der Waals surface area contributed by atoms with Crippen LogP contribution >= 0.6 is 11.8 Å². The molecule has 0 aliphatic carbocycles. The van der Waals surface area contributed by atoms with Crippen LogP contribution in [-0.2, 0) is 0 Å². The third kappa shape index (κ3) is 3.27. The molecule has 0 aliphatic rings. The van der Waals surface area contributed by atoms with Gasteiger partial charge in [-0.1, -0.05) is 11.8 Å². The summed E-state index contributed by atoms with van der Waals surface area (Å²) < 4.78 is 23.3. The molecule has 1 aromatic rings. The van der Waals surface area contributed by atoms with Crippen LogP contribution in [0.3, 0.4) is 0 Å². The van der Waals surface area contributed by atoms with Gasteiger partial charge in [-0.3, -0.25) is 0 Å². The van der Waals surface area contributed by atoms with Gasteiger partial charge in [0.1, 0.15) is 5.03 Å². The highest BCUT2D eigenvalue weighted by Gasteiger charge is 2.03. The van der Waals surface area contributed by atoms with Gasteiger partial charge in [0.15, 0.2) is 0 Å². The number of nitrogens with zero attached hydrogens (tertiary/aromatic N) is 2. The Balaban J connectivity index is 2.39. The Morgan fingerprint density at radius 1 is 1.55 bits per heavy atom. The van der Waals surface area contributed by atoms with Crippen molar-refractivity contribution in [3.63, 3.8) is 0 Å². The highest BCUT2D eigenvalue weighted by Crippen LogP contribution is 2.15. The molecule has 0 radical (unpaired) electrons. The van der Waals surface area contributed by atoms with Crippen LogP contribution in [0.25, 0.3) is 0 Å². The predicted octanol–water partition coefficient (Wildman–Crippen LogP) is 1.83. The fourth-order valence-corrected chi connectivity index (χ4v) is 1.09. The zero-order valence-corrected chi connectivity index (χ0v) is 6.39. The molecule has 2 nitrogen and oxygen atoms in total. The van der Waals surface area contributed by atoms with Gasteiger partial charge in [0.2, 0.25) is 6.43 Å². The van der Waals surface area contributed by atoms with E-state index >= 15 is 0 Å². The van der Waals surface area contributed by atoms with Gasteiger partial charge in [0.05, 0.1) is 5.75 Å². The fourth-order valence-electron chi connectivity index (χ4n) is 0.513. The first-order valence-corrected chi connectivity index (χ1v) is 3.96. The number of rotatable bonds is 3. The van der Waals surface area contributed by atoms with Crippen molar-refractivity contribution >= 4 is 11.8 Å².